The molecule has 2 rings (SSSR count). The fourth-order valence-corrected chi connectivity index (χ4v) is 4.27. The van der Waals surface area contributed by atoms with Gasteiger partial charge in [-0.1, -0.05) is 54.4 Å². The monoisotopic (exact) mass is 465 g/mol. The molecule has 0 heterocycles. The quantitative estimate of drug-likeness (QED) is 0.616. The zero-order chi connectivity index (χ0) is 23.2. The number of halogens is 1. The van der Waals surface area contributed by atoms with Gasteiger partial charge in [-0.2, -0.15) is 0 Å². The number of nitrogens with one attached hydrogen (secondary N) is 1. The van der Waals surface area contributed by atoms with E-state index in [2.05, 4.69) is 5.32 Å². The summed E-state index contributed by atoms with van der Waals surface area (Å²) < 4.78 is 26.0. The van der Waals surface area contributed by atoms with Crippen molar-refractivity contribution in [2.24, 2.45) is 0 Å². The van der Waals surface area contributed by atoms with E-state index in [0.717, 1.165) is 16.1 Å². The van der Waals surface area contributed by atoms with Crippen LogP contribution in [0.15, 0.2) is 48.5 Å². The summed E-state index contributed by atoms with van der Waals surface area (Å²) in [6, 6.07) is 13.1. The molecule has 1 N–H and O–H groups in total. The summed E-state index contributed by atoms with van der Waals surface area (Å²) in [7, 11) is -2.24. The Labute approximate surface area is 189 Å². The van der Waals surface area contributed by atoms with Crippen LogP contribution in [-0.4, -0.2) is 51.0 Å². The van der Waals surface area contributed by atoms with E-state index in [9.17, 15) is 18.0 Å². The zero-order valence-corrected chi connectivity index (χ0v) is 19.7. The first-order chi connectivity index (χ1) is 14.6. The maximum absolute atomic E-state index is 13.4. The van der Waals surface area contributed by atoms with Gasteiger partial charge >= 0.3 is 0 Å². The van der Waals surface area contributed by atoms with Crippen LogP contribution in [0.5, 0.6) is 0 Å². The first-order valence-corrected chi connectivity index (χ1v) is 12.1. The van der Waals surface area contributed by atoms with Crippen molar-refractivity contribution in [3.05, 3.63) is 64.7 Å². The molecular formula is C22H28ClN3O4S. The predicted octanol–water partition coefficient (Wildman–Crippen LogP) is 2.97. The van der Waals surface area contributed by atoms with Crippen molar-refractivity contribution >= 4 is 39.1 Å². The Morgan fingerprint density at radius 2 is 1.71 bits per heavy atom. The third-order valence-electron chi connectivity index (χ3n) is 4.93. The van der Waals surface area contributed by atoms with Gasteiger partial charge in [-0.3, -0.25) is 13.9 Å². The van der Waals surface area contributed by atoms with Crippen LogP contribution >= 0.6 is 11.6 Å². The molecule has 0 aliphatic heterocycles. The van der Waals surface area contributed by atoms with Gasteiger partial charge in [0.2, 0.25) is 21.8 Å². The molecule has 0 saturated carbocycles. The molecule has 0 saturated heterocycles. The van der Waals surface area contributed by atoms with E-state index in [-0.39, 0.29) is 12.5 Å². The summed E-state index contributed by atoms with van der Waals surface area (Å²) in [5.74, 6) is -0.828. The minimum Gasteiger partial charge on any atom is -0.357 e. The van der Waals surface area contributed by atoms with Crippen LogP contribution in [0, 0.1) is 6.92 Å². The minimum atomic E-state index is -3.74. The smallest absolute Gasteiger partial charge is 0.244 e. The molecule has 0 unspecified atom stereocenters. The van der Waals surface area contributed by atoms with Crippen molar-refractivity contribution in [3.63, 3.8) is 0 Å². The van der Waals surface area contributed by atoms with E-state index >= 15 is 0 Å². The average Bonchev–Trinajstić information content (AvgIpc) is 2.72. The van der Waals surface area contributed by atoms with E-state index in [0.29, 0.717) is 22.7 Å². The second-order valence-electron chi connectivity index (χ2n) is 7.26. The Kier molecular flexibility index (Phi) is 8.47. The normalized spacial score (nSPS) is 12.2. The van der Waals surface area contributed by atoms with Gasteiger partial charge in [0, 0.05) is 18.6 Å². The van der Waals surface area contributed by atoms with Crippen LogP contribution in [0.3, 0.4) is 0 Å². The van der Waals surface area contributed by atoms with Crippen LogP contribution in [0.25, 0.3) is 0 Å². The number of aryl methyl sites for hydroxylation is 1. The van der Waals surface area contributed by atoms with Crippen LogP contribution < -0.4 is 9.62 Å². The van der Waals surface area contributed by atoms with Crippen molar-refractivity contribution < 1.29 is 18.0 Å². The van der Waals surface area contributed by atoms with Gasteiger partial charge in [0.25, 0.3) is 0 Å². The Morgan fingerprint density at radius 1 is 1.10 bits per heavy atom. The number of nitrogens with zero attached hydrogens (tertiary/aromatic N) is 2. The highest BCUT2D eigenvalue weighted by Crippen LogP contribution is 2.22. The molecule has 0 radical (unpaired) electrons. The molecule has 168 valence electrons. The summed E-state index contributed by atoms with van der Waals surface area (Å²) in [5.41, 5.74) is 2.02. The van der Waals surface area contributed by atoms with Gasteiger partial charge < -0.3 is 10.2 Å². The van der Waals surface area contributed by atoms with Crippen LogP contribution in [0.2, 0.25) is 5.02 Å². The van der Waals surface area contributed by atoms with E-state index in [1.165, 1.54) is 11.9 Å². The lowest BCUT2D eigenvalue weighted by atomic mass is 10.1. The van der Waals surface area contributed by atoms with Crippen molar-refractivity contribution in [2.45, 2.75) is 32.9 Å². The Balaban J connectivity index is 2.43. The van der Waals surface area contributed by atoms with Crippen molar-refractivity contribution in [1.82, 2.24) is 10.2 Å². The minimum absolute atomic E-state index is 0.0793. The topological polar surface area (TPSA) is 86.8 Å². The number of carbonyl (C=O) groups excluding carboxylic acids is 2. The summed E-state index contributed by atoms with van der Waals surface area (Å²) >= 11 is 6.28. The molecule has 1 atom stereocenters. The Hall–Kier alpha value is -2.58. The first-order valence-electron chi connectivity index (χ1n) is 9.87. The van der Waals surface area contributed by atoms with Crippen molar-refractivity contribution in [1.29, 1.82) is 0 Å². The van der Waals surface area contributed by atoms with E-state index in [1.807, 2.05) is 6.92 Å². The molecule has 0 fully saturated rings. The summed E-state index contributed by atoms with van der Waals surface area (Å²) in [4.78, 5) is 27.2. The molecule has 0 bridgehead atoms. The Bertz CT molecular complexity index is 1030. The molecule has 9 heteroatoms. The highest BCUT2D eigenvalue weighted by Gasteiger charge is 2.31. The Morgan fingerprint density at radius 3 is 2.23 bits per heavy atom. The van der Waals surface area contributed by atoms with E-state index < -0.39 is 28.5 Å². The predicted molar refractivity (Wildman–Crippen MR) is 124 cm³/mol. The lowest BCUT2D eigenvalue weighted by molar-refractivity contribution is -0.140. The van der Waals surface area contributed by atoms with Crippen LogP contribution in [0.4, 0.5) is 5.69 Å². The summed E-state index contributed by atoms with van der Waals surface area (Å²) in [6.45, 7) is 3.33. The largest absolute Gasteiger partial charge is 0.357 e. The fourth-order valence-electron chi connectivity index (χ4n) is 3.22. The molecular weight excluding hydrogens is 438 g/mol. The van der Waals surface area contributed by atoms with Gasteiger partial charge in [-0.15, -0.1) is 0 Å². The van der Waals surface area contributed by atoms with Crippen LogP contribution in [-0.2, 0) is 26.2 Å². The summed E-state index contributed by atoms with van der Waals surface area (Å²) in [6.07, 6.45) is 1.41. The number of hydrogen-bond acceptors (Lipinski definition) is 4. The number of likely N-dealkylation sites (N-methyl/N-ethyl adjacent to an activating group) is 1. The molecule has 2 aromatic carbocycles. The second kappa shape index (κ2) is 10.6. The molecule has 31 heavy (non-hydrogen) atoms. The van der Waals surface area contributed by atoms with Crippen molar-refractivity contribution in [2.75, 3.05) is 24.2 Å². The van der Waals surface area contributed by atoms with E-state index in [4.69, 9.17) is 11.6 Å². The number of rotatable bonds is 9. The standard InChI is InChI=1S/C22H28ClN3O4S/c1-5-20(22(28)24-3)25(14-17-8-6-7-9-19(17)23)21(27)15-26(31(4,29)30)18-12-10-16(2)11-13-18/h6-13,20H,5,14-15H2,1-4H3,(H,24,28)/t20-/m1/s1. The van der Waals surface area contributed by atoms with Gasteiger partial charge in [-0.25, -0.2) is 8.42 Å². The molecule has 0 aliphatic carbocycles. The number of carbonyl (C=O) groups is 2. The molecule has 0 aliphatic rings. The maximum atomic E-state index is 13.4. The van der Waals surface area contributed by atoms with Crippen LogP contribution in [0.1, 0.15) is 24.5 Å². The lowest BCUT2D eigenvalue weighted by Crippen LogP contribution is -2.51. The number of anilines is 1. The molecule has 0 spiro atoms. The fraction of sp³-hybridized carbons (Fsp3) is 0.364. The average molecular weight is 466 g/mol. The maximum Gasteiger partial charge on any atom is 0.244 e. The number of amides is 2. The molecule has 2 amide bonds. The number of hydrogen-bond donors (Lipinski definition) is 1. The van der Waals surface area contributed by atoms with Gasteiger partial charge in [0.05, 0.1) is 11.9 Å². The first kappa shape index (κ1) is 24.7. The second-order valence-corrected chi connectivity index (χ2v) is 9.57. The van der Waals surface area contributed by atoms with Gasteiger partial charge in [0.1, 0.15) is 12.6 Å². The number of benzene rings is 2. The zero-order valence-electron chi connectivity index (χ0n) is 18.1. The van der Waals surface area contributed by atoms with Crippen molar-refractivity contribution in [3.8, 4) is 0 Å². The highest BCUT2D eigenvalue weighted by atomic mass is 35.5. The number of sulfonamides is 1. The molecule has 7 nitrogen and oxygen atoms in total. The highest BCUT2D eigenvalue weighted by molar-refractivity contribution is 7.92. The third kappa shape index (κ3) is 6.45. The lowest BCUT2D eigenvalue weighted by Gasteiger charge is -2.32. The van der Waals surface area contributed by atoms with Gasteiger partial charge in [0.15, 0.2) is 0 Å². The summed E-state index contributed by atoms with van der Waals surface area (Å²) in [5, 5.41) is 3.04. The SMILES string of the molecule is CC[C@H](C(=O)NC)N(Cc1ccccc1Cl)C(=O)CN(c1ccc(C)cc1)S(C)(=O)=O. The van der Waals surface area contributed by atoms with E-state index in [1.54, 1.807) is 55.5 Å². The molecule has 0 aromatic heterocycles. The van der Waals surface area contributed by atoms with Gasteiger partial charge in [-0.05, 0) is 37.1 Å². The molecule has 2 aromatic rings. The third-order valence-corrected chi connectivity index (χ3v) is 6.44.